The largest absolute Gasteiger partial charge is 0.436 e. The summed E-state index contributed by atoms with van der Waals surface area (Å²) in [4.78, 5) is 16.6. The van der Waals surface area contributed by atoms with Crippen molar-refractivity contribution in [1.29, 1.82) is 0 Å². The highest BCUT2D eigenvalue weighted by Gasteiger charge is 2.22. The minimum absolute atomic E-state index is 0.179. The van der Waals surface area contributed by atoms with Crippen LogP contribution in [0.4, 0.5) is 5.69 Å². The number of nitrogens with zero attached hydrogens (tertiary/aromatic N) is 1. The monoisotopic (exact) mass is 401 g/mol. The van der Waals surface area contributed by atoms with Crippen LogP contribution in [0.15, 0.2) is 40.8 Å². The van der Waals surface area contributed by atoms with Crippen LogP contribution in [0.2, 0.25) is 5.02 Å². The maximum absolute atomic E-state index is 12.1. The Labute approximate surface area is 168 Å². The third kappa shape index (κ3) is 4.46. The molecule has 5 nitrogen and oxygen atoms in total. The number of fused-ring (bicyclic) bond motifs is 1. The smallest absolute Gasteiger partial charge is 0.231 e. The number of carbonyl (C=O) groups is 1. The average molecular weight is 402 g/mol. The van der Waals surface area contributed by atoms with Gasteiger partial charge in [0.15, 0.2) is 10.7 Å². The molecule has 1 amide bonds. The number of aryl methyl sites for hydroxylation is 1. The number of nitrogens with one attached hydrogen (secondary N) is 2. The zero-order valence-corrected chi connectivity index (χ0v) is 17.1. The maximum atomic E-state index is 12.1. The SMILES string of the molecule is Cc1ccc2oc(-c3ccc(Cl)c(NC(=S)NC(=O)C(C)(C)C)c3)nc2c1. The number of benzene rings is 2. The third-order valence-corrected chi connectivity index (χ3v) is 4.45. The fraction of sp³-hybridized carbons (Fsp3) is 0.250. The lowest BCUT2D eigenvalue weighted by atomic mass is 9.96. The Kier molecular flexibility index (Phi) is 5.22. The summed E-state index contributed by atoms with van der Waals surface area (Å²) in [6.07, 6.45) is 0. The third-order valence-electron chi connectivity index (χ3n) is 3.91. The lowest BCUT2D eigenvalue weighted by molar-refractivity contribution is -0.126. The van der Waals surface area contributed by atoms with Gasteiger partial charge >= 0.3 is 0 Å². The van der Waals surface area contributed by atoms with Crippen LogP contribution in [-0.4, -0.2) is 16.0 Å². The van der Waals surface area contributed by atoms with Crippen molar-refractivity contribution in [2.75, 3.05) is 5.32 Å². The minimum Gasteiger partial charge on any atom is -0.436 e. The molecule has 0 saturated heterocycles. The molecular formula is C20H20ClN3O2S. The van der Waals surface area contributed by atoms with E-state index in [9.17, 15) is 4.79 Å². The van der Waals surface area contributed by atoms with Crippen LogP contribution in [0.3, 0.4) is 0 Å². The Morgan fingerprint density at radius 1 is 1.19 bits per heavy atom. The number of hydrogen-bond donors (Lipinski definition) is 2. The molecule has 7 heteroatoms. The number of hydrogen-bond acceptors (Lipinski definition) is 4. The zero-order chi connectivity index (χ0) is 19.8. The first-order valence-corrected chi connectivity index (χ1v) is 9.21. The van der Waals surface area contributed by atoms with Gasteiger partial charge in [-0.2, -0.15) is 0 Å². The van der Waals surface area contributed by atoms with Crippen LogP contribution in [0, 0.1) is 12.3 Å². The number of amides is 1. The molecule has 1 aromatic heterocycles. The molecule has 140 valence electrons. The van der Waals surface area contributed by atoms with Gasteiger partial charge in [0.25, 0.3) is 0 Å². The first-order chi connectivity index (χ1) is 12.6. The molecule has 0 radical (unpaired) electrons. The molecule has 3 aromatic rings. The summed E-state index contributed by atoms with van der Waals surface area (Å²) in [5, 5.41) is 6.28. The summed E-state index contributed by atoms with van der Waals surface area (Å²) in [6.45, 7) is 7.44. The van der Waals surface area contributed by atoms with Crippen molar-refractivity contribution >= 4 is 51.6 Å². The highest BCUT2D eigenvalue weighted by Crippen LogP contribution is 2.30. The predicted octanol–water partition coefficient (Wildman–Crippen LogP) is 5.32. The quantitative estimate of drug-likeness (QED) is 0.569. The summed E-state index contributed by atoms with van der Waals surface area (Å²) in [5.74, 6) is 0.307. The van der Waals surface area contributed by atoms with Crippen molar-refractivity contribution in [2.45, 2.75) is 27.7 Å². The van der Waals surface area contributed by atoms with Gasteiger partial charge in [-0.1, -0.05) is 38.4 Å². The van der Waals surface area contributed by atoms with Crippen molar-refractivity contribution in [1.82, 2.24) is 10.3 Å². The molecule has 0 fully saturated rings. The molecule has 3 rings (SSSR count). The van der Waals surface area contributed by atoms with E-state index in [1.165, 1.54) is 0 Å². The van der Waals surface area contributed by atoms with E-state index in [0.717, 1.165) is 16.6 Å². The lowest BCUT2D eigenvalue weighted by Crippen LogP contribution is -2.41. The topological polar surface area (TPSA) is 67.2 Å². The van der Waals surface area contributed by atoms with Crippen LogP contribution in [0.1, 0.15) is 26.3 Å². The Hall–Kier alpha value is -2.44. The number of oxazole rings is 1. The normalized spacial score (nSPS) is 11.4. The second-order valence-corrected chi connectivity index (χ2v) is 8.16. The second kappa shape index (κ2) is 7.29. The first-order valence-electron chi connectivity index (χ1n) is 8.43. The molecule has 27 heavy (non-hydrogen) atoms. The van der Waals surface area contributed by atoms with Crippen LogP contribution >= 0.6 is 23.8 Å². The Balaban J connectivity index is 1.85. The van der Waals surface area contributed by atoms with E-state index in [2.05, 4.69) is 15.6 Å². The highest BCUT2D eigenvalue weighted by molar-refractivity contribution is 7.80. The van der Waals surface area contributed by atoms with Gasteiger partial charge in [0, 0.05) is 11.0 Å². The molecule has 0 unspecified atom stereocenters. The van der Waals surface area contributed by atoms with Crippen LogP contribution in [0.5, 0.6) is 0 Å². The van der Waals surface area contributed by atoms with Gasteiger partial charge in [0.2, 0.25) is 11.8 Å². The van der Waals surface area contributed by atoms with Crippen molar-refractivity contribution < 1.29 is 9.21 Å². The standard InChI is InChI=1S/C20H20ClN3O2S/c1-11-5-8-16-15(9-11)22-17(26-16)12-6-7-13(21)14(10-12)23-19(27)24-18(25)20(2,3)4/h5-10H,1-4H3,(H2,23,24,25,27). The minimum atomic E-state index is -0.548. The summed E-state index contributed by atoms with van der Waals surface area (Å²) in [7, 11) is 0. The van der Waals surface area contributed by atoms with E-state index >= 15 is 0 Å². The molecule has 0 bridgehead atoms. The van der Waals surface area contributed by atoms with E-state index in [0.29, 0.717) is 22.2 Å². The van der Waals surface area contributed by atoms with Crippen molar-refractivity contribution in [3.63, 3.8) is 0 Å². The van der Waals surface area contributed by atoms with Crippen LogP contribution < -0.4 is 10.6 Å². The van der Waals surface area contributed by atoms with Gasteiger partial charge in [-0.05, 0) is 55.0 Å². The number of rotatable bonds is 2. The second-order valence-electron chi connectivity index (χ2n) is 7.34. The van der Waals surface area contributed by atoms with Gasteiger partial charge in [0.1, 0.15) is 5.52 Å². The number of anilines is 1. The van der Waals surface area contributed by atoms with Crippen molar-refractivity contribution in [3.8, 4) is 11.5 Å². The molecule has 0 spiro atoms. The molecular weight excluding hydrogens is 382 g/mol. The van der Waals surface area contributed by atoms with Gasteiger partial charge < -0.3 is 15.1 Å². The average Bonchev–Trinajstić information content (AvgIpc) is 2.99. The number of aromatic nitrogens is 1. The van der Waals surface area contributed by atoms with E-state index in [-0.39, 0.29) is 11.0 Å². The maximum Gasteiger partial charge on any atom is 0.231 e. The van der Waals surface area contributed by atoms with E-state index in [4.69, 9.17) is 28.2 Å². The van der Waals surface area contributed by atoms with Gasteiger partial charge in [-0.3, -0.25) is 4.79 Å². The number of thiocarbonyl (C=S) groups is 1. The van der Waals surface area contributed by atoms with Gasteiger partial charge in [-0.15, -0.1) is 0 Å². The van der Waals surface area contributed by atoms with Crippen molar-refractivity contribution in [2.24, 2.45) is 5.41 Å². The lowest BCUT2D eigenvalue weighted by Gasteiger charge is -2.19. The number of carbonyl (C=O) groups excluding carboxylic acids is 1. The summed E-state index contributed by atoms with van der Waals surface area (Å²) in [5.41, 5.74) is 3.39. The van der Waals surface area contributed by atoms with E-state index in [1.54, 1.807) is 12.1 Å². The Morgan fingerprint density at radius 3 is 2.63 bits per heavy atom. The highest BCUT2D eigenvalue weighted by atomic mass is 35.5. The predicted molar refractivity (Wildman–Crippen MR) is 113 cm³/mol. The molecule has 0 aliphatic carbocycles. The molecule has 0 saturated carbocycles. The molecule has 2 N–H and O–H groups in total. The molecule has 1 heterocycles. The van der Waals surface area contributed by atoms with Gasteiger partial charge in [0.05, 0.1) is 10.7 Å². The first kappa shape index (κ1) is 19.3. The zero-order valence-electron chi connectivity index (χ0n) is 15.5. The van der Waals surface area contributed by atoms with Gasteiger partial charge in [-0.25, -0.2) is 4.98 Å². The molecule has 0 aliphatic heterocycles. The summed E-state index contributed by atoms with van der Waals surface area (Å²) >= 11 is 11.5. The summed E-state index contributed by atoms with van der Waals surface area (Å²) < 4.78 is 5.83. The molecule has 0 atom stereocenters. The Morgan fingerprint density at radius 2 is 1.93 bits per heavy atom. The summed E-state index contributed by atoms with van der Waals surface area (Å²) in [6, 6.07) is 11.2. The van der Waals surface area contributed by atoms with Crippen molar-refractivity contribution in [3.05, 3.63) is 47.0 Å². The fourth-order valence-electron chi connectivity index (χ4n) is 2.36. The number of halogens is 1. The van der Waals surface area contributed by atoms with E-state index < -0.39 is 5.41 Å². The molecule has 0 aliphatic rings. The van der Waals surface area contributed by atoms with E-state index in [1.807, 2.05) is 52.0 Å². The van der Waals surface area contributed by atoms with Crippen LogP contribution in [0.25, 0.3) is 22.6 Å². The van der Waals surface area contributed by atoms with Crippen LogP contribution in [-0.2, 0) is 4.79 Å². The Bertz CT molecular complexity index is 1040. The molecule has 2 aromatic carbocycles. The fourth-order valence-corrected chi connectivity index (χ4v) is 2.73.